The minimum absolute atomic E-state index is 0.112. The zero-order valence-corrected chi connectivity index (χ0v) is 15.1. The largest absolute Gasteiger partial charge is 0.496 e. The van der Waals surface area contributed by atoms with Crippen molar-refractivity contribution in [3.63, 3.8) is 0 Å². The summed E-state index contributed by atoms with van der Waals surface area (Å²) in [5.74, 6) is 1.41. The fourth-order valence-electron chi connectivity index (χ4n) is 2.27. The van der Waals surface area contributed by atoms with Gasteiger partial charge in [0, 0.05) is 23.0 Å². The molecule has 0 atom stereocenters. The lowest BCUT2D eigenvalue weighted by molar-refractivity contribution is -0.116. The molecule has 0 aliphatic carbocycles. The number of hydrogen-bond acceptors (Lipinski definition) is 5. The Balaban J connectivity index is 1.60. The number of nitrogens with zero attached hydrogens (tertiary/aromatic N) is 2. The molecule has 0 saturated heterocycles. The van der Waals surface area contributed by atoms with Crippen LogP contribution in [0.1, 0.15) is 12.3 Å². The lowest BCUT2D eigenvalue weighted by atomic mass is 10.2. The van der Waals surface area contributed by atoms with Crippen LogP contribution in [0.2, 0.25) is 0 Å². The summed E-state index contributed by atoms with van der Waals surface area (Å²) in [7, 11) is 1.59. The highest BCUT2D eigenvalue weighted by atomic mass is 79.9. The summed E-state index contributed by atoms with van der Waals surface area (Å²) in [5, 5.41) is 6.79. The second-order valence-corrected chi connectivity index (χ2v) is 6.18. The first-order chi connectivity index (χ1) is 12.2. The summed E-state index contributed by atoms with van der Waals surface area (Å²) in [6.07, 6.45) is 0.619. The van der Waals surface area contributed by atoms with E-state index in [0.717, 1.165) is 15.7 Å². The van der Waals surface area contributed by atoms with Crippen molar-refractivity contribution < 1.29 is 14.1 Å². The van der Waals surface area contributed by atoms with E-state index in [4.69, 9.17) is 9.26 Å². The molecule has 0 bridgehead atoms. The molecule has 3 aromatic rings. The van der Waals surface area contributed by atoms with Crippen LogP contribution in [0.3, 0.4) is 0 Å². The van der Waals surface area contributed by atoms with Gasteiger partial charge in [0.05, 0.1) is 12.7 Å². The Hall–Kier alpha value is -2.67. The smallest absolute Gasteiger partial charge is 0.227 e. The molecule has 1 heterocycles. The molecular weight excluding hydrogens is 386 g/mol. The van der Waals surface area contributed by atoms with Crippen LogP contribution < -0.4 is 10.1 Å². The van der Waals surface area contributed by atoms with E-state index < -0.39 is 0 Å². The summed E-state index contributed by atoms with van der Waals surface area (Å²) in [5.41, 5.74) is 1.49. The third-order valence-corrected chi connectivity index (χ3v) is 4.04. The summed E-state index contributed by atoms with van der Waals surface area (Å²) >= 11 is 3.36. The zero-order valence-electron chi connectivity index (χ0n) is 13.5. The second-order valence-electron chi connectivity index (χ2n) is 5.27. The van der Waals surface area contributed by atoms with Crippen LogP contribution in [0.15, 0.2) is 57.5 Å². The zero-order chi connectivity index (χ0) is 17.6. The van der Waals surface area contributed by atoms with Gasteiger partial charge in [-0.2, -0.15) is 4.98 Å². The number of methoxy groups -OCH3 is 1. The van der Waals surface area contributed by atoms with Crippen molar-refractivity contribution >= 4 is 27.5 Å². The number of aryl methyl sites for hydroxylation is 1. The molecule has 6 nitrogen and oxygen atoms in total. The van der Waals surface area contributed by atoms with E-state index in [1.807, 2.05) is 48.5 Å². The number of para-hydroxylation sites is 1. The highest BCUT2D eigenvalue weighted by Crippen LogP contribution is 2.27. The van der Waals surface area contributed by atoms with Gasteiger partial charge in [0.2, 0.25) is 17.6 Å². The summed E-state index contributed by atoms with van der Waals surface area (Å²) in [6.45, 7) is 0. The Labute approximate surface area is 153 Å². The Morgan fingerprint density at radius 1 is 1.20 bits per heavy atom. The first kappa shape index (κ1) is 17.2. The molecule has 3 rings (SSSR count). The molecule has 0 fully saturated rings. The average Bonchev–Trinajstić information content (AvgIpc) is 3.11. The Morgan fingerprint density at radius 3 is 2.72 bits per heavy atom. The number of carbonyl (C=O) groups is 1. The highest BCUT2D eigenvalue weighted by molar-refractivity contribution is 9.10. The van der Waals surface area contributed by atoms with Crippen LogP contribution in [0, 0.1) is 0 Å². The van der Waals surface area contributed by atoms with Gasteiger partial charge < -0.3 is 14.6 Å². The third-order valence-electron chi connectivity index (χ3n) is 3.51. The standard InChI is InChI=1S/C18H16BrN3O3/c1-24-15-5-3-2-4-14(15)18-21-17(25-22-18)11-10-16(23)20-13-8-6-12(19)7-9-13/h2-9H,10-11H2,1H3,(H,20,23). The van der Waals surface area contributed by atoms with Crippen LogP contribution in [0.4, 0.5) is 5.69 Å². The van der Waals surface area contributed by atoms with E-state index in [1.54, 1.807) is 7.11 Å². The summed E-state index contributed by atoms with van der Waals surface area (Å²) < 4.78 is 11.5. The topological polar surface area (TPSA) is 77.2 Å². The molecule has 0 unspecified atom stereocenters. The lowest BCUT2D eigenvalue weighted by Crippen LogP contribution is -2.12. The minimum atomic E-state index is -0.112. The van der Waals surface area contributed by atoms with Gasteiger partial charge in [-0.3, -0.25) is 4.79 Å². The SMILES string of the molecule is COc1ccccc1-c1noc(CCC(=O)Nc2ccc(Br)cc2)n1. The number of hydrogen-bond donors (Lipinski definition) is 1. The molecule has 25 heavy (non-hydrogen) atoms. The van der Waals surface area contributed by atoms with Crippen molar-refractivity contribution in [2.45, 2.75) is 12.8 Å². The van der Waals surface area contributed by atoms with Crippen molar-refractivity contribution in [3.8, 4) is 17.1 Å². The van der Waals surface area contributed by atoms with Crippen LogP contribution in [0.25, 0.3) is 11.4 Å². The maximum absolute atomic E-state index is 12.0. The second kappa shape index (κ2) is 7.94. The lowest BCUT2D eigenvalue weighted by Gasteiger charge is -2.04. The highest BCUT2D eigenvalue weighted by Gasteiger charge is 2.13. The molecule has 2 aromatic carbocycles. The molecule has 0 saturated carbocycles. The quantitative estimate of drug-likeness (QED) is 0.673. The summed E-state index contributed by atoms with van der Waals surface area (Å²) in [6, 6.07) is 14.8. The van der Waals surface area contributed by atoms with E-state index in [-0.39, 0.29) is 12.3 Å². The van der Waals surface area contributed by atoms with Crippen LogP contribution >= 0.6 is 15.9 Å². The Morgan fingerprint density at radius 2 is 1.96 bits per heavy atom. The Kier molecular flexibility index (Phi) is 5.45. The normalized spacial score (nSPS) is 10.5. The molecule has 1 amide bonds. The molecule has 128 valence electrons. The fourth-order valence-corrected chi connectivity index (χ4v) is 2.54. The number of rotatable bonds is 6. The number of carbonyl (C=O) groups excluding carboxylic acids is 1. The van der Waals surface area contributed by atoms with E-state index in [2.05, 4.69) is 31.4 Å². The predicted molar refractivity (Wildman–Crippen MR) is 97.4 cm³/mol. The molecule has 0 aliphatic heterocycles. The van der Waals surface area contributed by atoms with Crippen LogP contribution in [0.5, 0.6) is 5.75 Å². The van der Waals surface area contributed by atoms with Crippen molar-refractivity contribution in [1.82, 2.24) is 10.1 Å². The molecule has 7 heteroatoms. The van der Waals surface area contributed by atoms with Crippen LogP contribution in [-0.2, 0) is 11.2 Å². The minimum Gasteiger partial charge on any atom is -0.496 e. The van der Waals surface area contributed by atoms with Gasteiger partial charge in [0.1, 0.15) is 5.75 Å². The molecule has 1 N–H and O–H groups in total. The van der Waals surface area contributed by atoms with Gasteiger partial charge in [-0.25, -0.2) is 0 Å². The number of ether oxygens (including phenoxy) is 1. The van der Waals surface area contributed by atoms with Gasteiger partial charge in [0.15, 0.2) is 0 Å². The average molecular weight is 402 g/mol. The number of aromatic nitrogens is 2. The monoisotopic (exact) mass is 401 g/mol. The number of halogens is 1. The maximum atomic E-state index is 12.0. The van der Waals surface area contributed by atoms with Crippen molar-refractivity contribution in [1.29, 1.82) is 0 Å². The molecule has 0 aliphatic rings. The van der Waals surface area contributed by atoms with E-state index in [1.165, 1.54) is 0 Å². The first-order valence-corrected chi connectivity index (χ1v) is 8.46. The van der Waals surface area contributed by atoms with E-state index >= 15 is 0 Å². The van der Waals surface area contributed by atoms with E-state index in [0.29, 0.717) is 23.9 Å². The summed E-state index contributed by atoms with van der Waals surface area (Å²) in [4.78, 5) is 16.4. The first-order valence-electron chi connectivity index (χ1n) is 7.67. The van der Waals surface area contributed by atoms with Gasteiger partial charge >= 0.3 is 0 Å². The van der Waals surface area contributed by atoms with Crippen molar-refractivity contribution in [2.24, 2.45) is 0 Å². The molecule has 0 radical (unpaired) electrons. The van der Waals surface area contributed by atoms with Gasteiger partial charge in [-0.1, -0.05) is 33.2 Å². The number of benzene rings is 2. The van der Waals surface area contributed by atoms with Gasteiger partial charge in [-0.15, -0.1) is 0 Å². The van der Waals surface area contributed by atoms with Gasteiger partial charge in [-0.05, 0) is 36.4 Å². The number of anilines is 1. The fraction of sp³-hybridized carbons (Fsp3) is 0.167. The van der Waals surface area contributed by atoms with E-state index in [9.17, 15) is 4.79 Å². The number of nitrogens with one attached hydrogen (secondary N) is 1. The third kappa shape index (κ3) is 4.45. The van der Waals surface area contributed by atoms with Crippen LogP contribution in [-0.4, -0.2) is 23.2 Å². The maximum Gasteiger partial charge on any atom is 0.227 e. The predicted octanol–water partition coefficient (Wildman–Crippen LogP) is 4.08. The molecule has 0 spiro atoms. The number of amides is 1. The van der Waals surface area contributed by atoms with Crippen molar-refractivity contribution in [2.75, 3.05) is 12.4 Å². The van der Waals surface area contributed by atoms with Crippen molar-refractivity contribution in [3.05, 3.63) is 58.9 Å². The van der Waals surface area contributed by atoms with Gasteiger partial charge in [0.25, 0.3) is 0 Å². The molecule has 1 aromatic heterocycles. The molecular formula is C18H16BrN3O3. The Bertz CT molecular complexity index is 862.